The Bertz CT molecular complexity index is 1740. The molecular weight excluding hydrogens is 522 g/mol. The minimum absolute atomic E-state index is 0.204. The number of benzene rings is 3. The van der Waals surface area contributed by atoms with Crippen molar-refractivity contribution in [3.05, 3.63) is 92.5 Å². The van der Waals surface area contributed by atoms with Crippen LogP contribution in [-0.4, -0.2) is 39.9 Å². The second-order valence-corrected chi connectivity index (χ2v) is 10.3. The first-order valence-electron chi connectivity index (χ1n) is 12.1. The van der Waals surface area contributed by atoms with E-state index in [1.807, 2.05) is 26.0 Å². The standard InChI is InChI=1S/C28H21N3O7S/c1-14-10-15(2)23-21(11-14)39-28(29-23)30-24(16-4-3-5-18(12-16)31(35)36)22(26(33)27(30)34)25(32)17-6-7-19-20(13-17)38-9-8-37-19/h3-7,10-13,24,32H,8-9H2,1-2H3/b25-22+/t24-/m0/s1. The van der Waals surface area contributed by atoms with Crippen molar-refractivity contribution in [3.8, 4) is 11.5 Å². The van der Waals surface area contributed by atoms with Gasteiger partial charge in [-0.15, -0.1) is 0 Å². The normalized spacial score (nSPS) is 18.1. The highest BCUT2D eigenvalue weighted by Gasteiger charge is 2.48. The van der Waals surface area contributed by atoms with Crippen molar-refractivity contribution in [1.82, 2.24) is 4.98 Å². The summed E-state index contributed by atoms with van der Waals surface area (Å²) in [5.41, 5.74) is 2.72. The van der Waals surface area contributed by atoms with Gasteiger partial charge in [0.05, 0.1) is 26.8 Å². The van der Waals surface area contributed by atoms with Crippen molar-refractivity contribution in [3.63, 3.8) is 0 Å². The molecule has 3 aromatic carbocycles. The molecule has 0 aliphatic carbocycles. The van der Waals surface area contributed by atoms with E-state index < -0.39 is 28.4 Å². The molecule has 2 aliphatic rings. The minimum Gasteiger partial charge on any atom is -0.507 e. The van der Waals surface area contributed by atoms with Crippen molar-refractivity contribution in [2.45, 2.75) is 19.9 Å². The number of ether oxygens (including phenoxy) is 2. The molecule has 1 saturated heterocycles. The van der Waals surface area contributed by atoms with Crippen molar-refractivity contribution in [2.75, 3.05) is 18.1 Å². The van der Waals surface area contributed by atoms with E-state index in [2.05, 4.69) is 4.98 Å². The van der Waals surface area contributed by atoms with Gasteiger partial charge in [-0.2, -0.15) is 0 Å². The number of aryl methyl sites for hydroxylation is 2. The van der Waals surface area contributed by atoms with E-state index in [-0.39, 0.29) is 27.5 Å². The predicted octanol–water partition coefficient (Wildman–Crippen LogP) is 5.22. The number of fused-ring (bicyclic) bond motifs is 2. The number of nitro benzene ring substituents is 1. The number of anilines is 1. The van der Waals surface area contributed by atoms with Crippen molar-refractivity contribution < 1.29 is 29.1 Å². The third-order valence-corrected chi connectivity index (χ3v) is 7.68. The molecule has 4 aromatic rings. The minimum atomic E-state index is -1.15. The number of aromatic nitrogens is 1. The Morgan fingerprint density at radius 3 is 2.62 bits per heavy atom. The zero-order valence-electron chi connectivity index (χ0n) is 20.8. The highest BCUT2D eigenvalue weighted by molar-refractivity contribution is 7.22. The largest absolute Gasteiger partial charge is 0.507 e. The van der Waals surface area contributed by atoms with Gasteiger partial charge < -0.3 is 14.6 Å². The molecule has 1 atom stereocenters. The third-order valence-electron chi connectivity index (χ3n) is 6.68. The maximum atomic E-state index is 13.5. The van der Waals surface area contributed by atoms with Gasteiger partial charge in [0, 0.05) is 17.7 Å². The van der Waals surface area contributed by atoms with Crippen LogP contribution in [0.3, 0.4) is 0 Å². The van der Waals surface area contributed by atoms with Crippen LogP contribution in [0.25, 0.3) is 16.0 Å². The molecule has 0 saturated carbocycles. The van der Waals surface area contributed by atoms with E-state index in [9.17, 15) is 24.8 Å². The number of aliphatic hydroxyl groups excluding tert-OH is 1. The molecule has 10 nitrogen and oxygen atoms in total. The Balaban J connectivity index is 1.57. The zero-order valence-corrected chi connectivity index (χ0v) is 21.7. The molecule has 0 radical (unpaired) electrons. The second kappa shape index (κ2) is 9.21. The smallest absolute Gasteiger partial charge is 0.301 e. The van der Waals surface area contributed by atoms with Gasteiger partial charge in [0.2, 0.25) is 0 Å². The van der Waals surface area contributed by atoms with Crippen LogP contribution in [0.5, 0.6) is 11.5 Å². The van der Waals surface area contributed by atoms with Crippen LogP contribution >= 0.6 is 11.3 Å². The molecule has 1 aromatic heterocycles. The number of nitrogens with zero attached hydrogens (tertiary/aromatic N) is 3. The number of rotatable bonds is 4. The summed E-state index contributed by atoms with van der Waals surface area (Å²) in [5, 5.41) is 23.3. The molecular formula is C28H21N3O7S. The maximum Gasteiger partial charge on any atom is 0.301 e. The van der Waals surface area contributed by atoms with Crippen molar-refractivity contribution in [2.24, 2.45) is 0 Å². The van der Waals surface area contributed by atoms with Crippen LogP contribution in [0.1, 0.15) is 28.3 Å². The van der Waals surface area contributed by atoms with Crippen LogP contribution in [0.15, 0.2) is 60.2 Å². The summed E-state index contributed by atoms with van der Waals surface area (Å²) >= 11 is 1.23. The number of nitro groups is 1. The summed E-state index contributed by atoms with van der Waals surface area (Å²) in [5.74, 6) is -1.36. The van der Waals surface area contributed by atoms with Crippen molar-refractivity contribution >= 4 is 49.8 Å². The molecule has 196 valence electrons. The lowest BCUT2D eigenvalue weighted by molar-refractivity contribution is -0.384. The first-order valence-corrected chi connectivity index (χ1v) is 12.9. The Labute approximate surface area is 225 Å². The first-order chi connectivity index (χ1) is 18.7. The molecule has 1 fully saturated rings. The average molecular weight is 544 g/mol. The highest BCUT2D eigenvalue weighted by Crippen LogP contribution is 2.46. The highest BCUT2D eigenvalue weighted by atomic mass is 32.1. The number of non-ortho nitro benzene ring substituents is 1. The number of ketones is 1. The number of carbonyl (C=O) groups is 2. The molecule has 11 heteroatoms. The molecule has 0 spiro atoms. The maximum absolute atomic E-state index is 13.5. The average Bonchev–Trinajstić information content (AvgIpc) is 3.46. The number of thiazole rings is 1. The lowest BCUT2D eigenvalue weighted by Gasteiger charge is -2.23. The SMILES string of the molecule is Cc1cc(C)c2nc(N3C(=O)C(=O)/C(=C(/O)c4ccc5c(c4)OCCO5)[C@@H]3c3cccc([N+](=O)[O-])c3)sc2c1. The van der Waals surface area contributed by atoms with Gasteiger partial charge in [0.15, 0.2) is 16.6 Å². The van der Waals surface area contributed by atoms with Gasteiger partial charge in [0.1, 0.15) is 19.0 Å². The van der Waals surface area contributed by atoms with E-state index in [1.54, 1.807) is 18.2 Å². The van der Waals surface area contributed by atoms with Crippen molar-refractivity contribution in [1.29, 1.82) is 0 Å². The summed E-state index contributed by atoms with van der Waals surface area (Å²) in [6, 6.07) is 13.1. The van der Waals surface area contributed by atoms with Crippen LogP contribution in [0.2, 0.25) is 0 Å². The number of aliphatic hydroxyl groups is 1. The van der Waals surface area contributed by atoms with Gasteiger partial charge in [-0.1, -0.05) is 29.5 Å². The van der Waals surface area contributed by atoms with E-state index in [1.165, 1.54) is 40.5 Å². The quantitative estimate of drug-likeness (QED) is 0.122. The monoisotopic (exact) mass is 543 g/mol. The van der Waals surface area contributed by atoms with Crippen LogP contribution < -0.4 is 14.4 Å². The van der Waals surface area contributed by atoms with Crippen LogP contribution in [0, 0.1) is 24.0 Å². The fourth-order valence-electron chi connectivity index (χ4n) is 4.96. The Hall–Kier alpha value is -4.77. The summed E-state index contributed by atoms with van der Waals surface area (Å²) in [6.07, 6.45) is 0. The van der Waals surface area contributed by atoms with Gasteiger partial charge >= 0.3 is 5.91 Å². The lowest BCUT2D eigenvalue weighted by atomic mass is 9.95. The molecule has 39 heavy (non-hydrogen) atoms. The molecule has 2 aliphatic heterocycles. The Kier molecular flexibility index (Phi) is 5.80. The molecule has 1 amide bonds. The zero-order chi connectivity index (χ0) is 27.4. The number of hydrogen-bond donors (Lipinski definition) is 1. The van der Waals surface area contributed by atoms with Gasteiger partial charge in [-0.05, 0) is 54.8 Å². The number of amides is 1. The van der Waals surface area contributed by atoms with E-state index in [4.69, 9.17) is 9.47 Å². The van der Waals surface area contributed by atoms with Crippen LogP contribution in [-0.2, 0) is 9.59 Å². The first kappa shape index (κ1) is 24.6. The summed E-state index contributed by atoms with van der Waals surface area (Å²) in [7, 11) is 0. The number of carbonyl (C=O) groups excluding carboxylic acids is 2. The molecule has 6 rings (SSSR count). The predicted molar refractivity (Wildman–Crippen MR) is 144 cm³/mol. The Morgan fingerprint density at radius 2 is 1.85 bits per heavy atom. The third kappa shape index (κ3) is 4.07. The molecule has 1 N–H and O–H groups in total. The van der Waals surface area contributed by atoms with E-state index >= 15 is 0 Å². The molecule has 3 heterocycles. The van der Waals surface area contributed by atoms with Crippen LogP contribution in [0.4, 0.5) is 10.8 Å². The molecule has 0 unspecified atom stereocenters. The van der Waals surface area contributed by atoms with Gasteiger partial charge in [-0.3, -0.25) is 24.6 Å². The Morgan fingerprint density at radius 1 is 1.08 bits per heavy atom. The number of Topliss-reactive ketones (excluding diaryl/α,β-unsaturated/α-hetero) is 1. The second-order valence-electron chi connectivity index (χ2n) is 9.30. The number of hydrogen-bond acceptors (Lipinski definition) is 9. The fourth-order valence-corrected chi connectivity index (χ4v) is 6.13. The molecule has 0 bridgehead atoms. The summed E-state index contributed by atoms with van der Waals surface area (Å²) in [6.45, 7) is 4.57. The van der Waals surface area contributed by atoms with Gasteiger partial charge in [0.25, 0.3) is 11.5 Å². The topological polar surface area (TPSA) is 132 Å². The van der Waals surface area contributed by atoms with E-state index in [0.717, 1.165) is 15.8 Å². The lowest BCUT2D eigenvalue weighted by Crippen LogP contribution is -2.29. The summed E-state index contributed by atoms with van der Waals surface area (Å²) < 4.78 is 12.0. The fraction of sp³-hybridized carbons (Fsp3) is 0.179. The summed E-state index contributed by atoms with van der Waals surface area (Å²) in [4.78, 5) is 43.9. The van der Waals surface area contributed by atoms with E-state index in [0.29, 0.717) is 30.2 Å². The van der Waals surface area contributed by atoms with Gasteiger partial charge in [-0.25, -0.2) is 4.98 Å².